The Balaban J connectivity index is 1.79. The predicted molar refractivity (Wildman–Crippen MR) is 118 cm³/mol. The van der Waals surface area contributed by atoms with E-state index in [1.807, 2.05) is 20.8 Å². The Bertz CT molecular complexity index is 880. The average Bonchev–Trinajstić information content (AvgIpc) is 2.81. The minimum Gasteiger partial charge on any atom is -0.490 e. The number of likely N-dealkylation sites (tertiary alicyclic amines) is 1. The van der Waals surface area contributed by atoms with E-state index in [1.54, 1.807) is 23.2 Å². The first kappa shape index (κ1) is 23.4. The third-order valence-corrected chi connectivity index (χ3v) is 4.91. The maximum atomic E-state index is 13.4. The van der Waals surface area contributed by atoms with Gasteiger partial charge in [-0.2, -0.15) is 4.98 Å². The van der Waals surface area contributed by atoms with E-state index < -0.39 is 0 Å². The normalized spacial score (nSPS) is 15.8. The van der Waals surface area contributed by atoms with E-state index in [4.69, 9.17) is 23.7 Å². The van der Waals surface area contributed by atoms with Crippen LogP contribution in [0.15, 0.2) is 24.5 Å². The van der Waals surface area contributed by atoms with Gasteiger partial charge in [-0.15, -0.1) is 0 Å². The van der Waals surface area contributed by atoms with Crippen LogP contribution in [-0.4, -0.2) is 66.9 Å². The van der Waals surface area contributed by atoms with Gasteiger partial charge in [0.2, 0.25) is 17.5 Å². The molecular formula is C23H31N3O6. The SMILES string of the molecule is CCOc1cc(C(=O)N2CCCC(Oc3cncc(OC)n3)C2)cc(OCC)c1OCC. The van der Waals surface area contributed by atoms with Gasteiger partial charge in [-0.25, -0.2) is 0 Å². The van der Waals surface area contributed by atoms with Crippen molar-refractivity contribution in [3.63, 3.8) is 0 Å². The number of amides is 1. The number of hydrogen-bond donors (Lipinski definition) is 0. The lowest BCUT2D eigenvalue weighted by Crippen LogP contribution is -2.44. The molecule has 32 heavy (non-hydrogen) atoms. The molecule has 9 nitrogen and oxygen atoms in total. The van der Waals surface area contributed by atoms with Crippen LogP contribution in [0.4, 0.5) is 0 Å². The third-order valence-electron chi connectivity index (χ3n) is 4.91. The molecule has 1 amide bonds. The summed E-state index contributed by atoms with van der Waals surface area (Å²) in [5, 5.41) is 0. The van der Waals surface area contributed by atoms with Crippen LogP contribution >= 0.6 is 0 Å². The van der Waals surface area contributed by atoms with Gasteiger partial charge in [-0.05, 0) is 45.7 Å². The summed E-state index contributed by atoms with van der Waals surface area (Å²) >= 11 is 0. The number of ether oxygens (including phenoxy) is 5. The largest absolute Gasteiger partial charge is 0.490 e. The van der Waals surface area contributed by atoms with Crippen molar-refractivity contribution in [1.82, 2.24) is 14.9 Å². The molecule has 1 aliphatic rings. The molecule has 0 aliphatic carbocycles. The third kappa shape index (κ3) is 5.72. The molecule has 0 saturated carbocycles. The molecule has 1 unspecified atom stereocenters. The van der Waals surface area contributed by atoms with Crippen LogP contribution in [0, 0.1) is 0 Å². The Morgan fingerprint density at radius 1 is 1.03 bits per heavy atom. The summed E-state index contributed by atoms with van der Waals surface area (Å²) in [5.41, 5.74) is 0.488. The van der Waals surface area contributed by atoms with Gasteiger partial charge in [0, 0.05) is 12.1 Å². The van der Waals surface area contributed by atoms with E-state index in [0.29, 0.717) is 67.5 Å². The van der Waals surface area contributed by atoms with Crippen molar-refractivity contribution in [2.45, 2.75) is 39.7 Å². The fourth-order valence-corrected chi connectivity index (χ4v) is 3.57. The van der Waals surface area contributed by atoms with Crippen molar-refractivity contribution >= 4 is 5.91 Å². The Labute approximate surface area is 188 Å². The van der Waals surface area contributed by atoms with Crippen molar-refractivity contribution in [3.05, 3.63) is 30.1 Å². The van der Waals surface area contributed by atoms with Crippen LogP contribution in [0.5, 0.6) is 29.0 Å². The molecule has 2 heterocycles. The highest BCUT2D eigenvalue weighted by atomic mass is 16.5. The summed E-state index contributed by atoms with van der Waals surface area (Å²) in [5.74, 6) is 2.17. The molecule has 1 atom stereocenters. The summed E-state index contributed by atoms with van der Waals surface area (Å²) in [6.45, 7) is 8.12. The number of carbonyl (C=O) groups excluding carboxylic acids is 1. The molecule has 0 spiro atoms. The second kappa shape index (κ2) is 11.4. The minimum absolute atomic E-state index is 0.111. The van der Waals surface area contributed by atoms with Crippen LogP contribution in [0.3, 0.4) is 0 Å². The molecule has 174 valence electrons. The Morgan fingerprint density at radius 3 is 2.31 bits per heavy atom. The molecule has 0 bridgehead atoms. The van der Waals surface area contributed by atoms with Crippen molar-refractivity contribution < 1.29 is 28.5 Å². The van der Waals surface area contributed by atoms with E-state index in [0.717, 1.165) is 12.8 Å². The minimum atomic E-state index is -0.186. The van der Waals surface area contributed by atoms with Gasteiger partial charge in [0.1, 0.15) is 6.10 Å². The molecule has 1 aliphatic heterocycles. The second-order valence-electron chi connectivity index (χ2n) is 7.13. The summed E-state index contributed by atoms with van der Waals surface area (Å²) < 4.78 is 28.3. The van der Waals surface area contributed by atoms with Crippen molar-refractivity contribution in [2.24, 2.45) is 0 Å². The summed E-state index contributed by atoms with van der Waals surface area (Å²) in [4.78, 5) is 23.4. The molecule has 3 rings (SSSR count). The van der Waals surface area contributed by atoms with Crippen molar-refractivity contribution in [2.75, 3.05) is 40.0 Å². The lowest BCUT2D eigenvalue weighted by molar-refractivity contribution is 0.0524. The predicted octanol–water partition coefficient (Wildman–Crippen LogP) is 3.36. The fourth-order valence-electron chi connectivity index (χ4n) is 3.57. The number of nitrogens with zero attached hydrogens (tertiary/aromatic N) is 3. The highest BCUT2D eigenvalue weighted by Crippen LogP contribution is 2.39. The zero-order chi connectivity index (χ0) is 22.9. The number of carbonyl (C=O) groups is 1. The first-order valence-corrected chi connectivity index (χ1v) is 11.0. The molecule has 1 fully saturated rings. The zero-order valence-corrected chi connectivity index (χ0v) is 19.1. The van der Waals surface area contributed by atoms with E-state index >= 15 is 0 Å². The Hall–Kier alpha value is -3.23. The van der Waals surface area contributed by atoms with Crippen LogP contribution in [0.2, 0.25) is 0 Å². The first-order chi connectivity index (χ1) is 15.6. The van der Waals surface area contributed by atoms with Crippen molar-refractivity contribution in [3.8, 4) is 29.0 Å². The highest BCUT2D eigenvalue weighted by Gasteiger charge is 2.28. The van der Waals surface area contributed by atoms with E-state index in [9.17, 15) is 4.79 Å². The molecule has 9 heteroatoms. The summed E-state index contributed by atoms with van der Waals surface area (Å²) in [7, 11) is 1.53. The number of aromatic nitrogens is 2. The number of rotatable bonds is 10. The molecule has 1 aromatic carbocycles. The molecular weight excluding hydrogens is 414 g/mol. The van der Waals surface area contributed by atoms with E-state index in [2.05, 4.69) is 9.97 Å². The summed E-state index contributed by atoms with van der Waals surface area (Å²) in [6, 6.07) is 3.44. The van der Waals surface area contributed by atoms with E-state index in [1.165, 1.54) is 13.3 Å². The van der Waals surface area contributed by atoms with Gasteiger partial charge in [0.15, 0.2) is 11.5 Å². The maximum absolute atomic E-state index is 13.4. The van der Waals surface area contributed by atoms with Crippen LogP contribution in [0.25, 0.3) is 0 Å². The quantitative estimate of drug-likeness (QED) is 0.550. The smallest absolute Gasteiger partial charge is 0.254 e. The van der Waals surface area contributed by atoms with Gasteiger partial charge in [-0.3, -0.25) is 9.78 Å². The number of methoxy groups -OCH3 is 1. The molecule has 1 saturated heterocycles. The second-order valence-corrected chi connectivity index (χ2v) is 7.13. The van der Waals surface area contributed by atoms with Gasteiger partial charge >= 0.3 is 0 Å². The highest BCUT2D eigenvalue weighted by molar-refractivity contribution is 5.95. The Kier molecular flexibility index (Phi) is 8.35. The maximum Gasteiger partial charge on any atom is 0.254 e. The first-order valence-electron chi connectivity index (χ1n) is 11.0. The lowest BCUT2D eigenvalue weighted by Gasteiger charge is -2.32. The average molecular weight is 446 g/mol. The van der Waals surface area contributed by atoms with Gasteiger partial charge in [0.05, 0.1) is 45.9 Å². The lowest BCUT2D eigenvalue weighted by atomic mass is 10.1. The monoisotopic (exact) mass is 445 g/mol. The molecule has 2 aromatic rings. The number of piperidine rings is 1. The summed E-state index contributed by atoms with van der Waals surface area (Å²) in [6.07, 6.45) is 4.51. The van der Waals surface area contributed by atoms with Crippen LogP contribution in [0.1, 0.15) is 44.0 Å². The Morgan fingerprint density at radius 2 is 1.69 bits per heavy atom. The molecule has 0 radical (unpaired) electrons. The van der Waals surface area contributed by atoms with Crippen LogP contribution < -0.4 is 23.7 Å². The standard InChI is InChI=1S/C23H31N3O6/c1-5-29-18-11-16(12-19(30-6-2)22(18)31-7-3)23(27)26-10-8-9-17(15-26)32-21-14-24-13-20(25-21)28-4/h11-14,17H,5-10,15H2,1-4H3. The van der Waals surface area contributed by atoms with Gasteiger partial charge in [-0.1, -0.05) is 0 Å². The van der Waals surface area contributed by atoms with Crippen molar-refractivity contribution in [1.29, 1.82) is 0 Å². The van der Waals surface area contributed by atoms with Gasteiger partial charge < -0.3 is 28.6 Å². The van der Waals surface area contributed by atoms with Gasteiger partial charge in [0.25, 0.3) is 5.91 Å². The fraction of sp³-hybridized carbons (Fsp3) is 0.522. The molecule has 1 aromatic heterocycles. The van der Waals surface area contributed by atoms with Crippen LogP contribution in [-0.2, 0) is 0 Å². The van der Waals surface area contributed by atoms with E-state index in [-0.39, 0.29) is 12.0 Å². The number of benzene rings is 1. The topological polar surface area (TPSA) is 92.2 Å². The number of hydrogen-bond acceptors (Lipinski definition) is 8. The zero-order valence-electron chi connectivity index (χ0n) is 19.1. The molecule has 0 N–H and O–H groups in total.